The number of carbonyl (C=O) groups excluding carboxylic acids is 2. The van der Waals surface area contributed by atoms with Gasteiger partial charge in [0.05, 0.1) is 12.0 Å². The summed E-state index contributed by atoms with van der Waals surface area (Å²) < 4.78 is 5.06. The van der Waals surface area contributed by atoms with Crippen molar-refractivity contribution in [3.05, 3.63) is 35.4 Å². The monoisotopic (exact) mass is 248 g/mol. The van der Waals surface area contributed by atoms with Gasteiger partial charge in [-0.25, -0.2) is 4.79 Å². The minimum Gasteiger partial charge on any atom is -0.443 e. The van der Waals surface area contributed by atoms with Gasteiger partial charge < -0.3 is 15.8 Å². The second-order valence-electron chi connectivity index (χ2n) is 4.59. The molecule has 1 aliphatic rings. The molecule has 2 rings (SSSR count). The standard InChI is InChI=1S/C13H16N2O3/c1-7-4-3-5-9(6-7)10-11(18-13(14)17)8(2)12(16)15-10/h3-6,8,10-11H,1-2H3,(H2,14,17)(H,15,16)/t8-,10+,11-/m0/s1. The summed E-state index contributed by atoms with van der Waals surface area (Å²) in [7, 11) is 0. The molecule has 3 N–H and O–H groups in total. The van der Waals surface area contributed by atoms with Crippen LogP contribution in [0.2, 0.25) is 0 Å². The van der Waals surface area contributed by atoms with Gasteiger partial charge in [0, 0.05) is 0 Å². The van der Waals surface area contributed by atoms with E-state index < -0.39 is 18.1 Å². The Morgan fingerprint density at radius 2 is 2.17 bits per heavy atom. The van der Waals surface area contributed by atoms with Crippen LogP contribution in [-0.4, -0.2) is 18.1 Å². The van der Waals surface area contributed by atoms with Gasteiger partial charge in [0.15, 0.2) is 0 Å². The molecule has 2 amide bonds. The summed E-state index contributed by atoms with van der Waals surface area (Å²) in [6, 6.07) is 7.39. The summed E-state index contributed by atoms with van der Waals surface area (Å²) in [5.74, 6) is -0.532. The minimum absolute atomic E-state index is 0.132. The molecule has 18 heavy (non-hydrogen) atoms. The maximum absolute atomic E-state index is 11.7. The third kappa shape index (κ3) is 2.30. The summed E-state index contributed by atoms with van der Waals surface area (Å²) in [5, 5.41) is 2.83. The third-order valence-corrected chi connectivity index (χ3v) is 3.19. The van der Waals surface area contributed by atoms with Gasteiger partial charge in [0.1, 0.15) is 6.10 Å². The van der Waals surface area contributed by atoms with Crippen molar-refractivity contribution in [2.75, 3.05) is 0 Å². The molecule has 0 aliphatic carbocycles. The Bertz CT molecular complexity index is 487. The molecule has 0 unspecified atom stereocenters. The van der Waals surface area contributed by atoms with E-state index in [1.54, 1.807) is 6.92 Å². The second kappa shape index (κ2) is 4.68. The Kier molecular flexibility index (Phi) is 3.23. The molecule has 1 heterocycles. The number of amides is 2. The highest BCUT2D eigenvalue weighted by atomic mass is 16.6. The Hall–Kier alpha value is -2.04. The number of benzene rings is 1. The van der Waals surface area contributed by atoms with Crippen molar-refractivity contribution >= 4 is 12.0 Å². The number of carbonyl (C=O) groups is 2. The molecule has 5 heteroatoms. The van der Waals surface area contributed by atoms with Crippen molar-refractivity contribution in [1.82, 2.24) is 5.32 Å². The van der Waals surface area contributed by atoms with Crippen molar-refractivity contribution in [2.45, 2.75) is 26.0 Å². The van der Waals surface area contributed by atoms with E-state index in [9.17, 15) is 9.59 Å². The van der Waals surface area contributed by atoms with Crippen molar-refractivity contribution in [1.29, 1.82) is 0 Å². The van der Waals surface area contributed by atoms with E-state index in [0.29, 0.717) is 0 Å². The Balaban J connectivity index is 2.30. The number of aryl methyl sites for hydroxylation is 1. The van der Waals surface area contributed by atoms with Crippen LogP contribution in [0.15, 0.2) is 24.3 Å². The quantitative estimate of drug-likeness (QED) is 0.826. The van der Waals surface area contributed by atoms with Gasteiger partial charge in [-0.3, -0.25) is 4.79 Å². The zero-order valence-corrected chi connectivity index (χ0v) is 10.3. The first-order chi connectivity index (χ1) is 8.49. The van der Waals surface area contributed by atoms with E-state index in [2.05, 4.69) is 5.32 Å². The fraction of sp³-hybridized carbons (Fsp3) is 0.385. The van der Waals surface area contributed by atoms with Crippen LogP contribution in [0.5, 0.6) is 0 Å². The highest BCUT2D eigenvalue weighted by Crippen LogP contribution is 2.31. The van der Waals surface area contributed by atoms with Crippen LogP contribution in [0.25, 0.3) is 0 Å². The van der Waals surface area contributed by atoms with Gasteiger partial charge in [0.2, 0.25) is 5.91 Å². The lowest BCUT2D eigenvalue weighted by molar-refractivity contribution is -0.123. The smallest absolute Gasteiger partial charge is 0.404 e. The number of ether oxygens (including phenoxy) is 1. The molecule has 0 spiro atoms. The molecular formula is C13H16N2O3. The average Bonchev–Trinajstić information content (AvgIpc) is 2.57. The highest BCUT2D eigenvalue weighted by molar-refractivity contribution is 5.83. The highest BCUT2D eigenvalue weighted by Gasteiger charge is 2.42. The number of hydrogen-bond donors (Lipinski definition) is 2. The van der Waals surface area contributed by atoms with Gasteiger partial charge >= 0.3 is 6.09 Å². The summed E-state index contributed by atoms with van der Waals surface area (Å²) in [4.78, 5) is 22.6. The molecule has 1 saturated heterocycles. The lowest BCUT2D eigenvalue weighted by Crippen LogP contribution is -2.30. The molecule has 0 bridgehead atoms. The van der Waals surface area contributed by atoms with Crippen LogP contribution in [0, 0.1) is 12.8 Å². The first-order valence-electron chi connectivity index (χ1n) is 5.82. The zero-order chi connectivity index (χ0) is 13.3. The van der Waals surface area contributed by atoms with Crippen LogP contribution >= 0.6 is 0 Å². The summed E-state index contributed by atoms with van der Waals surface area (Å²) in [6.07, 6.45) is -1.42. The fourth-order valence-electron chi connectivity index (χ4n) is 2.25. The van der Waals surface area contributed by atoms with E-state index in [1.807, 2.05) is 31.2 Å². The van der Waals surface area contributed by atoms with Crippen molar-refractivity contribution in [2.24, 2.45) is 11.7 Å². The number of nitrogens with one attached hydrogen (secondary N) is 1. The van der Waals surface area contributed by atoms with Gasteiger partial charge in [-0.15, -0.1) is 0 Å². The van der Waals surface area contributed by atoms with E-state index in [0.717, 1.165) is 11.1 Å². The number of nitrogens with two attached hydrogens (primary N) is 1. The molecule has 1 fully saturated rings. The van der Waals surface area contributed by atoms with Crippen molar-refractivity contribution < 1.29 is 14.3 Å². The van der Waals surface area contributed by atoms with Crippen LogP contribution in [0.3, 0.4) is 0 Å². The molecule has 5 nitrogen and oxygen atoms in total. The maximum atomic E-state index is 11.7. The predicted octanol–water partition coefficient (Wildman–Crippen LogP) is 1.27. The Morgan fingerprint density at radius 3 is 2.78 bits per heavy atom. The molecule has 1 aromatic rings. The van der Waals surface area contributed by atoms with Gasteiger partial charge in [0.25, 0.3) is 0 Å². The normalized spacial score (nSPS) is 26.8. The molecule has 0 radical (unpaired) electrons. The third-order valence-electron chi connectivity index (χ3n) is 3.19. The largest absolute Gasteiger partial charge is 0.443 e. The lowest BCUT2D eigenvalue weighted by atomic mass is 9.96. The number of hydrogen-bond acceptors (Lipinski definition) is 3. The molecule has 0 aromatic heterocycles. The van der Waals surface area contributed by atoms with Crippen molar-refractivity contribution in [3.63, 3.8) is 0 Å². The van der Waals surface area contributed by atoms with Gasteiger partial charge in [-0.2, -0.15) is 0 Å². The molecule has 1 aliphatic heterocycles. The Morgan fingerprint density at radius 1 is 1.44 bits per heavy atom. The molecule has 96 valence electrons. The van der Waals surface area contributed by atoms with Gasteiger partial charge in [-0.05, 0) is 19.4 Å². The van der Waals surface area contributed by atoms with Crippen LogP contribution in [0.4, 0.5) is 4.79 Å². The molecule has 0 saturated carbocycles. The number of rotatable bonds is 2. The topological polar surface area (TPSA) is 81.4 Å². The molecule has 3 atom stereocenters. The first kappa shape index (κ1) is 12.4. The lowest BCUT2D eigenvalue weighted by Gasteiger charge is -2.21. The van der Waals surface area contributed by atoms with Gasteiger partial charge in [-0.1, -0.05) is 29.8 Å². The minimum atomic E-state index is -0.860. The van der Waals surface area contributed by atoms with Crippen molar-refractivity contribution in [3.8, 4) is 0 Å². The number of primary amides is 1. The fourth-order valence-corrected chi connectivity index (χ4v) is 2.25. The van der Waals surface area contributed by atoms with Crippen LogP contribution < -0.4 is 11.1 Å². The zero-order valence-electron chi connectivity index (χ0n) is 10.3. The van der Waals surface area contributed by atoms with E-state index in [4.69, 9.17) is 10.5 Å². The first-order valence-corrected chi connectivity index (χ1v) is 5.82. The predicted molar refractivity (Wildman–Crippen MR) is 65.7 cm³/mol. The van der Waals surface area contributed by atoms with E-state index in [-0.39, 0.29) is 11.9 Å². The van der Waals surface area contributed by atoms with Crippen LogP contribution in [0.1, 0.15) is 24.1 Å². The maximum Gasteiger partial charge on any atom is 0.404 e. The van der Waals surface area contributed by atoms with E-state index >= 15 is 0 Å². The molecular weight excluding hydrogens is 232 g/mol. The SMILES string of the molecule is Cc1cccc([C@H]2NC(=O)[C@@H](C)[C@@H]2OC(N)=O)c1. The summed E-state index contributed by atoms with van der Waals surface area (Å²) >= 11 is 0. The van der Waals surface area contributed by atoms with E-state index in [1.165, 1.54) is 0 Å². The molecule has 1 aromatic carbocycles. The Labute approximate surface area is 105 Å². The average molecular weight is 248 g/mol. The van der Waals surface area contributed by atoms with Crippen LogP contribution in [-0.2, 0) is 9.53 Å². The summed E-state index contributed by atoms with van der Waals surface area (Å²) in [5.41, 5.74) is 7.05. The second-order valence-corrected chi connectivity index (χ2v) is 4.59. The summed E-state index contributed by atoms with van der Waals surface area (Å²) in [6.45, 7) is 3.69.